The van der Waals surface area contributed by atoms with Gasteiger partial charge in [-0.15, -0.1) is 0 Å². The Morgan fingerprint density at radius 1 is 1.45 bits per heavy atom. The van der Waals surface area contributed by atoms with E-state index in [-0.39, 0.29) is 18.3 Å². The van der Waals surface area contributed by atoms with E-state index < -0.39 is 23.9 Å². The van der Waals surface area contributed by atoms with Crippen molar-refractivity contribution in [1.29, 1.82) is 0 Å². The average Bonchev–Trinajstić information content (AvgIpc) is 2.98. The van der Waals surface area contributed by atoms with Crippen molar-refractivity contribution >= 4 is 5.91 Å². The van der Waals surface area contributed by atoms with Gasteiger partial charge in [0.25, 0.3) is 0 Å². The molecule has 2 rings (SSSR count). The molecular formula is C15H18F3NO3. The Bertz CT molecular complexity index is 513. The molecule has 1 saturated heterocycles. The van der Waals surface area contributed by atoms with Gasteiger partial charge in [0.15, 0.2) is 0 Å². The molecule has 22 heavy (non-hydrogen) atoms. The molecule has 1 aromatic carbocycles. The lowest BCUT2D eigenvalue weighted by atomic mass is 10.2. The molecule has 0 saturated carbocycles. The Hall–Kier alpha value is -1.76. The van der Waals surface area contributed by atoms with Gasteiger partial charge in [0, 0.05) is 6.61 Å². The Morgan fingerprint density at radius 3 is 2.82 bits per heavy atom. The highest BCUT2D eigenvalue weighted by atomic mass is 19.4. The van der Waals surface area contributed by atoms with Crippen molar-refractivity contribution in [3.63, 3.8) is 0 Å². The van der Waals surface area contributed by atoms with E-state index in [0.29, 0.717) is 13.0 Å². The second-order valence-electron chi connectivity index (χ2n) is 5.22. The van der Waals surface area contributed by atoms with Crippen LogP contribution < -0.4 is 10.1 Å². The van der Waals surface area contributed by atoms with Crippen LogP contribution >= 0.6 is 0 Å². The molecule has 1 aromatic rings. The number of para-hydroxylation sites is 1. The predicted octanol–water partition coefficient (Wildman–Crippen LogP) is 2.77. The SMILES string of the molecule is C[C@H](COc1ccccc1C(F)(F)F)NC(=O)[C@H]1CCCO1. The number of amides is 1. The first-order valence-corrected chi connectivity index (χ1v) is 7.09. The van der Waals surface area contributed by atoms with Crippen LogP contribution in [0.4, 0.5) is 13.2 Å². The van der Waals surface area contributed by atoms with Crippen LogP contribution in [0.15, 0.2) is 24.3 Å². The van der Waals surface area contributed by atoms with Crippen LogP contribution in [0.25, 0.3) is 0 Å². The van der Waals surface area contributed by atoms with Crippen LogP contribution in [-0.2, 0) is 15.7 Å². The number of halogens is 3. The summed E-state index contributed by atoms with van der Waals surface area (Å²) >= 11 is 0. The molecular weight excluding hydrogens is 299 g/mol. The zero-order valence-electron chi connectivity index (χ0n) is 12.2. The van der Waals surface area contributed by atoms with Gasteiger partial charge < -0.3 is 14.8 Å². The lowest BCUT2D eigenvalue weighted by molar-refractivity contribution is -0.139. The lowest BCUT2D eigenvalue weighted by Crippen LogP contribution is -2.42. The summed E-state index contributed by atoms with van der Waals surface area (Å²) in [7, 11) is 0. The van der Waals surface area contributed by atoms with E-state index in [1.165, 1.54) is 18.2 Å². The number of nitrogens with one attached hydrogen (secondary N) is 1. The van der Waals surface area contributed by atoms with E-state index in [9.17, 15) is 18.0 Å². The van der Waals surface area contributed by atoms with Crippen molar-refractivity contribution < 1.29 is 27.4 Å². The summed E-state index contributed by atoms with van der Waals surface area (Å²) in [5.74, 6) is -0.495. The molecule has 1 N–H and O–H groups in total. The van der Waals surface area contributed by atoms with Gasteiger partial charge in [-0.1, -0.05) is 12.1 Å². The van der Waals surface area contributed by atoms with Crippen molar-refractivity contribution in [2.45, 2.75) is 38.1 Å². The average molecular weight is 317 g/mol. The monoisotopic (exact) mass is 317 g/mol. The fourth-order valence-corrected chi connectivity index (χ4v) is 2.20. The first kappa shape index (κ1) is 16.6. The third-order valence-electron chi connectivity index (χ3n) is 3.29. The van der Waals surface area contributed by atoms with Crippen molar-refractivity contribution in [3.05, 3.63) is 29.8 Å². The number of hydrogen-bond acceptors (Lipinski definition) is 3. The topological polar surface area (TPSA) is 47.6 Å². The third kappa shape index (κ3) is 4.37. The quantitative estimate of drug-likeness (QED) is 0.908. The summed E-state index contributed by atoms with van der Waals surface area (Å²) in [5.41, 5.74) is -0.826. The van der Waals surface area contributed by atoms with Crippen molar-refractivity contribution in [3.8, 4) is 5.75 Å². The molecule has 0 spiro atoms. The number of alkyl halides is 3. The van der Waals surface area contributed by atoms with Crippen LogP contribution in [0.2, 0.25) is 0 Å². The van der Waals surface area contributed by atoms with Crippen LogP contribution in [0, 0.1) is 0 Å². The van der Waals surface area contributed by atoms with Crippen molar-refractivity contribution in [2.24, 2.45) is 0 Å². The number of ether oxygens (including phenoxy) is 2. The van der Waals surface area contributed by atoms with E-state index in [0.717, 1.165) is 12.5 Å². The summed E-state index contributed by atoms with van der Waals surface area (Å²) in [6.45, 7) is 2.18. The van der Waals surface area contributed by atoms with Gasteiger partial charge in [0.05, 0.1) is 11.6 Å². The van der Waals surface area contributed by atoms with E-state index >= 15 is 0 Å². The second-order valence-corrected chi connectivity index (χ2v) is 5.22. The van der Waals surface area contributed by atoms with Gasteiger partial charge in [0.2, 0.25) is 5.91 Å². The summed E-state index contributed by atoms with van der Waals surface area (Å²) < 4.78 is 48.9. The van der Waals surface area contributed by atoms with Crippen molar-refractivity contribution in [1.82, 2.24) is 5.32 Å². The zero-order chi connectivity index (χ0) is 16.2. The molecule has 0 aliphatic carbocycles. The highest BCUT2D eigenvalue weighted by molar-refractivity contribution is 5.81. The van der Waals surface area contributed by atoms with E-state index in [1.54, 1.807) is 6.92 Å². The van der Waals surface area contributed by atoms with Crippen LogP contribution in [0.3, 0.4) is 0 Å². The van der Waals surface area contributed by atoms with Crippen LogP contribution in [-0.4, -0.2) is 31.3 Å². The zero-order valence-corrected chi connectivity index (χ0v) is 12.2. The van der Waals surface area contributed by atoms with E-state index in [4.69, 9.17) is 9.47 Å². The molecule has 1 amide bonds. The summed E-state index contributed by atoms with van der Waals surface area (Å²) in [6.07, 6.45) is -3.44. The van der Waals surface area contributed by atoms with Crippen LogP contribution in [0.1, 0.15) is 25.3 Å². The molecule has 0 unspecified atom stereocenters. The lowest BCUT2D eigenvalue weighted by Gasteiger charge is -2.19. The molecule has 4 nitrogen and oxygen atoms in total. The summed E-state index contributed by atoms with van der Waals surface area (Å²) in [5, 5.41) is 2.68. The maximum absolute atomic E-state index is 12.8. The molecule has 7 heteroatoms. The summed E-state index contributed by atoms with van der Waals surface area (Å²) in [6, 6.07) is 4.58. The van der Waals surface area contributed by atoms with Gasteiger partial charge in [-0.05, 0) is 31.9 Å². The highest BCUT2D eigenvalue weighted by Gasteiger charge is 2.34. The predicted molar refractivity (Wildman–Crippen MR) is 73.5 cm³/mol. The minimum atomic E-state index is -4.47. The summed E-state index contributed by atoms with van der Waals surface area (Å²) in [4.78, 5) is 11.8. The number of carbonyl (C=O) groups excluding carboxylic acids is 1. The molecule has 122 valence electrons. The van der Waals surface area contributed by atoms with Crippen LogP contribution in [0.5, 0.6) is 5.75 Å². The first-order chi connectivity index (χ1) is 10.4. The fourth-order valence-electron chi connectivity index (χ4n) is 2.20. The standard InChI is InChI=1S/C15H18F3NO3/c1-10(19-14(20)13-7-4-8-21-13)9-22-12-6-3-2-5-11(12)15(16,17)18/h2-3,5-6,10,13H,4,7-9H2,1H3,(H,19,20)/t10-,13-/m1/s1. The largest absolute Gasteiger partial charge is 0.491 e. The molecule has 1 fully saturated rings. The van der Waals surface area contributed by atoms with Gasteiger partial charge >= 0.3 is 6.18 Å². The molecule has 0 bridgehead atoms. The number of carbonyl (C=O) groups is 1. The molecule has 0 radical (unpaired) electrons. The van der Waals surface area contributed by atoms with Gasteiger partial charge in [-0.2, -0.15) is 13.2 Å². The Kier molecular flexibility index (Phi) is 5.28. The second kappa shape index (κ2) is 7.00. The molecule has 1 aliphatic heterocycles. The van der Waals surface area contributed by atoms with Crippen molar-refractivity contribution in [2.75, 3.05) is 13.2 Å². The third-order valence-corrected chi connectivity index (χ3v) is 3.29. The van der Waals surface area contributed by atoms with Gasteiger partial charge in [-0.3, -0.25) is 4.79 Å². The molecule has 2 atom stereocenters. The molecule has 1 heterocycles. The van der Waals surface area contributed by atoms with E-state index in [2.05, 4.69) is 5.32 Å². The number of hydrogen-bond donors (Lipinski definition) is 1. The molecule has 1 aliphatic rings. The minimum Gasteiger partial charge on any atom is -0.491 e. The number of benzene rings is 1. The van der Waals surface area contributed by atoms with Gasteiger partial charge in [0.1, 0.15) is 18.5 Å². The first-order valence-electron chi connectivity index (χ1n) is 7.09. The normalized spacial score (nSPS) is 19.7. The molecule has 0 aromatic heterocycles. The Labute approximate surface area is 126 Å². The van der Waals surface area contributed by atoms with E-state index in [1.807, 2.05) is 0 Å². The maximum Gasteiger partial charge on any atom is 0.419 e. The van der Waals surface area contributed by atoms with Gasteiger partial charge in [-0.25, -0.2) is 0 Å². The smallest absolute Gasteiger partial charge is 0.419 e. The number of rotatable bonds is 5. The Morgan fingerprint density at radius 2 is 2.18 bits per heavy atom. The Balaban J connectivity index is 1.88. The highest BCUT2D eigenvalue weighted by Crippen LogP contribution is 2.35. The minimum absolute atomic E-state index is 0.0500. The fraction of sp³-hybridized carbons (Fsp3) is 0.533. The maximum atomic E-state index is 12.8.